The summed E-state index contributed by atoms with van der Waals surface area (Å²) in [6, 6.07) is 3.55. The Labute approximate surface area is 74.0 Å². The fourth-order valence-electron chi connectivity index (χ4n) is 0.761. The summed E-state index contributed by atoms with van der Waals surface area (Å²) in [4.78, 5) is 16.8. The van der Waals surface area contributed by atoms with Gasteiger partial charge in [0, 0.05) is 20.3 Å². The van der Waals surface area contributed by atoms with Crippen molar-refractivity contribution in [2.24, 2.45) is 0 Å². The zero-order valence-corrected chi connectivity index (χ0v) is 8.27. The van der Waals surface area contributed by atoms with Gasteiger partial charge in [0.05, 0.1) is 0 Å². The summed E-state index contributed by atoms with van der Waals surface area (Å²) in [5, 5.41) is 0.977. The van der Waals surface area contributed by atoms with Gasteiger partial charge in [-0.2, -0.15) is 0 Å². The van der Waals surface area contributed by atoms with Gasteiger partial charge in [0.15, 0.2) is 0 Å². The predicted molar refractivity (Wildman–Crippen MR) is 51.6 cm³/mol. The molecule has 0 aliphatic carbocycles. The van der Waals surface area contributed by atoms with Crippen molar-refractivity contribution in [1.29, 1.82) is 0 Å². The van der Waals surface area contributed by atoms with Crippen LogP contribution in [-0.2, 0) is 0 Å². The van der Waals surface area contributed by atoms with Gasteiger partial charge in [0.25, 0.3) is 5.91 Å². The van der Waals surface area contributed by atoms with Gasteiger partial charge < -0.3 is 4.90 Å². The zero-order valence-electron chi connectivity index (χ0n) is 7.11. The van der Waals surface area contributed by atoms with Crippen molar-refractivity contribution < 1.29 is 4.79 Å². The highest BCUT2D eigenvalue weighted by Gasteiger charge is 2.07. The normalized spacial score (nSPS) is 9.58. The van der Waals surface area contributed by atoms with Gasteiger partial charge in [-0.1, -0.05) is 6.07 Å². The molecule has 0 aromatic carbocycles. The maximum atomic E-state index is 11.3. The van der Waals surface area contributed by atoms with Crippen molar-refractivity contribution in [3.05, 3.63) is 24.0 Å². The van der Waals surface area contributed by atoms with E-state index in [9.17, 15) is 4.79 Å². The predicted octanol–water partition coefficient (Wildman–Crippen LogP) is 0.284. The number of hydrogen-bond donors (Lipinski definition) is 0. The summed E-state index contributed by atoms with van der Waals surface area (Å²) in [5.74, 6) is -0.0694. The Morgan fingerprint density at radius 3 is 2.58 bits per heavy atom. The molecule has 1 aromatic rings. The highest BCUT2D eigenvalue weighted by atomic mass is 31.0. The van der Waals surface area contributed by atoms with E-state index in [1.807, 2.05) is 6.07 Å². The molecule has 0 N–H and O–H groups in total. The van der Waals surface area contributed by atoms with Crippen LogP contribution in [0.4, 0.5) is 0 Å². The third-order valence-electron chi connectivity index (χ3n) is 1.41. The van der Waals surface area contributed by atoms with Crippen LogP contribution in [0.2, 0.25) is 0 Å². The molecule has 0 aliphatic heterocycles. The Bertz CT molecular complexity index is 282. The Morgan fingerprint density at radius 1 is 1.50 bits per heavy atom. The van der Waals surface area contributed by atoms with Crippen molar-refractivity contribution >= 4 is 20.5 Å². The van der Waals surface area contributed by atoms with Gasteiger partial charge >= 0.3 is 0 Å². The van der Waals surface area contributed by atoms with Crippen LogP contribution in [0.3, 0.4) is 0 Å². The van der Waals surface area contributed by atoms with Crippen LogP contribution in [0.5, 0.6) is 0 Å². The van der Waals surface area contributed by atoms with Gasteiger partial charge in [-0.05, 0) is 11.4 Å². The SMILES string of the molecule is CN(C)C(=O)c1ccc(P)cn1. The molecule has 1 amide bonds. The summed E-state index contributed by atoms with van der Waals surface area (Å²) in [6.07, 6.45) is 1.65. The molecule has 4 heteroatoms. The quantitative estimate of drug-likeness (QED) is 0.584. The molecular weight excluding hydrogens is 171 g/mol. The number of carbonyl (C=O) groups is 1. The van der Waals surface area contributed by atoms with Crippen molar-refractivity contribution in [1.82, 2.24) is 9.88 Å². The van der Waals surface area contributed by atoms with Crippen LogP contribution in [0.1, 0.15) is 10.5 Å². The summed E-state index contributed by atoms with van der Waals surface area (Å²) in [5.41, 5.74) is 0.478. The van der Waals surface area contributed by atoms with Crippen LogP contribution < -0.4 is 5.30 Å². The van der Waals surface area contributed by atoms with Crippen LogP contribution in [0, 0.1) is 0 Å². The highest BCUT2D eigenvalue weighted by Crippen LogP contribution is 1.97. The molecule has 0 fully saturated rings. The minimum Gasteiger partial charge on any atom is -0.343 e. The van der Waals surface area contributed by atoms with Crippen molar-refractivity contribution in [2.75, 3.05) is 14.1 Å². The number of amides is 1. The molecule has 1 heterocycles. The zero-order chi connectivity index (χ0) is 9.14. The van der Waals surface area contributed by atoms with Gasteiger partial charge in [-0.25, -0.2) is 0 Å². The number of hydrogen-bond acceptors (Lipinski definition) is 2. The van der Waals surface area contributed by atoms with Gasteiger partial charge in [-0.15, -0.1) is 9.24 Å². The van der Waals surface area contributed by atoms with E-state index in [2.05, 4.69) is 14.2 Å². The fourth-order valence-corrected chi connectivity index (χ4v) is 0.932. The lowest BCUT2D eigenvalue weighted by Gasteiger charge is -2.08. The molecule has 64 valence electrons. The second-order valence-corrected chi connectivity index (χ2v) is 3.34. The molecule has 0 saturated carbocycles. The van der Waals surface area contributed by atoms with Crippen LogP contribution >= 0.6 is 9.24 Å². The van der Waals surface area contributed by atoms with E-state index in [4.69, 9.17) is 0 Å². The number of carbonyl (C=O) groups excluding carboxylic acids is 1. The van der Waals surface area contributed by atoms with E-state index < -0.39 is 0 Å². The molecule has 3 nitrogen and oxygen atoms in total. The van der Waals surface area contributed by atoms with Crippen molar-refractivity contribution in [3.63, 3.8) is 0 Å². The van der Waals surface area contributed by atoms with E-state index in [-0.39, 0.29) is 5.91 Å². The van der Waals surface area contributed by atoms with Gasteiger partial charge in [0.2, 0.25) is 0 Å². The topological polar surface area (TPSA) is 33.2 Å². The van der Waals surface area contributed by atoms with Crippen LogP contribution in [0.15, 0.2) is 18.3 Å². The third-order valence-corrected chi connectivity index (χ3v) is 1.75. The minimum absolute atomic E-state index is 0.0694. The Balaban J connectivity index is 2.90. The molecule has 1 atom stereocenters. The second-order valence-electron chi connectivity index (χ2n) is 2.68. The first-order valence-corrected chi connectivity index (χ1v) is 4.12. The molecule has 1 unspecified atom stereocenters. The number of pyridine rings is 1. The smallest absolute Gasteiger partial charge is 0.271 e. The molecule has 0 spiro atoms. The van der Waals surface area contributed by atoms with Gasteiger partial charge in [0.1, 0.15) is 5.69 Å². The summed E-state index contributed by atoms with van der Waals surface area (Å²) in [7, 11) is 5.93. The Kier molecular flexibility index (Phi) is 2.77. The average Bonchev–Trinajstić information content (AvgIpc) is 2.04. The van der Waals surface area contributed by atoms with Gasteiger partial charge in [-0.3, -0.25) is 9.78 Å². The standard InChI is InChI=1S/C8H11N2OP/c1-10(2)8(11)7-4-3-6(12)5-9-7/h3-5H,12H2,1-2H3. The largest absolute Gasteiger partial charge is 0.343 e. The van der Waals surface area contributed by atoms with E-state index in [0.717, 1.165) is 5.30 Å². The maximum Gasteiger partial charge on any atom is 0.271 e. The molecule has 0 radical (unpaired) electrons. The lowest BCUT2D eigenvalue weighted by molar-refractivity contribution is 0.0822. The van der Waals surface area contributed by atoms with E-state index >= 15 is 0 Å². The first-order valence-electron chi connectivity index (χ1n) is 3.54. The van der Waals surface area contributed by atoms with E-state index in [1.165, 1.54) is 4.90 Å². The lowest BCUT2D eigenvalue weighted by atomic mass is 10.3. The number of nitrogens with zero attached hydrogens (tertiary/aromatic N) is 2. The Hall–Kier alpha value is -0.950. The molecule has 0 aliphatic rings. The van der Waals surface area contributed by atoms with Crippen molar-refractivity contribution in [2.45, 2.75) is 0 Å². The number of rotatable bonds is 1. The average molecular weight is 182 g/mol. The third kappa shape index (κ3) is 2.02. The fraction of sp³-hybridized carbons (Fsp3) is 0.250. The van der Waals surface area contributed by atoms with E-state index in [1.54, 1.807) is 26.4 Å². The number of aromatic nitrogens is 1. The maximum absolute atomic E-state index is 11.3. The van der Waals surface area contributed by atoms with Crippen molar-refractivity contribution in [3.8, 4) is 0 Å². The van der Waals surface area contributed by atoms with E-state index in [0.29, 0.717) is 5.69 Å². The van der Waals surface area contributed by atoms with Crippen LogP contribution in [-0.4, -0.2) is 29.9 Å². The molecule has 1 rings (SSSR count). The first-order chi connectivity index (χ1) is 5.61. The minimum atomic E-state index is -0.0694. The highest BCUT2D eigenvalue weighted by molar-refractivity contribution is 7.27. The Morgan fingerprint density at radius 2 is 2.17 bits per heavy atom. The lowest BCUT2D eigenvalue weighted by Crippen LogP contribution is -2.23. The molecule has 1 aromatic heterocycles. The summed E-state index contributed by atoms with van der Waals surface area (Å²) in [6.45, 7) is 0. The molecule has 12 heavy (non-hydrogen) atoms. The molecule has 0 saturated heterocycles. The molecular formula is C8H11N2OP. The summed E-state index contributed by atoms with van der Waals surface area (Å²) >= 11 is 0. The molecule has 0 bridgehead atoms. The monoisotopic (exact) mass is 182 g/mol. The van der Waals surface area contributed by atoms with Crippen LogP contribution in [0.25, 0.3) is 0 Å². The summed E-state index contributed by atoms with van der Waals surface area (Å²) < 4.78 is 0. The first kappa shape index (κ1) is 9.14. The second kappa shape index (κ2) is 3.63.